The Kier molecular flexibility index (Phi) is 13.5. The number of Topliss-reactive ketones (excluding diaryl/α,β-unsaturated/α-hetero) is 2. The number of ketones is 2. The minimum atomic E-state index is -1.26. The van der Waals surface area contributed by atoms with Crippen molar-refractivity contribution in [1.82, 2.24) is 4.90 Å². The van der Waals surface area contributed by atoms with Crippen LogP contribution in [0.15, 0.2) is 36.0 Å². The summed E-state index contributed by atoms with van der Waals surface area (Å²) in [6.45, 7) is 10.1. The first-order chi connectivity index (χ1) is 18.9. The Morgan fingerprint density at radius 1 is 1.10 bits per heavy atom. The van der Waals surface area contributed by atoms with Crippen LogP contribution in [-0.2, 0) is 28.7 Å². The third-order valence-electron chi connectivity index (χ3n) is 8.43. The molecule has 0 aliphatic carbocycles. The van der Waals surface area contributed by atoms with Crippen LogP contribution < -0.4 is 0 Å². The maximum atomic E-state index is 13.4. The molecular formula is C32H49NO7. The second kappa shape index (κ2) is 16.0. The molecule has 0 radical (unpaired) electrons. The van der Waals surface area contributed by atoms with Crippen molar-refractivity contribution in [3.63, 3.8) is 0 Å². The molecule has 40 heavy (non-hydrogen) atoms. The van der Waals surface area contributed by atoms with Crippen molar-refractivity contribution in [2.75, 3.05) is 20.3 Å². The van der Waals surface area contributed by atoms with E-state index in [-0.39, 0.29) is 42.8 Å². The van der Waals surface area contributed by atoms with Crippen molar-refractivity contribution in [2.24, 2.45) is 17.8 Å². The number of carbonyl (C=O) groups excluding carboxylic acids is 3. The summed E-state index contributed by atoms with van der Waals surface area (Å²) >= 11 is 0. The number of carboxylic acids is 1. The van der Waals surface area contributed by atoms with Gasteiger partial charge in [0.05, 0.1) is 6.10 Å². The molecular weight excluding hydrogens is 510 g/mol. The van der Waals surface area contributed by atoms with Crippen LogP contribution in [-0.4, -0.2) is 71.5 Å². The van der Waals surface area contributed by atoms with Gasteiger partial charge in [-0.3, -0.25) is 14.4 Å². The average molecular weight is 560 g/mol. The summed E-state index contributed by atoms with van der Waals surface area (Å²) in [5.41, 5.74) is -0.0778. The Bertz CT molecular complexity index is 984. The van der Waals surface area contributed by atoms with Gasteiger partial charge in [0.1, 0.15) is 18.2 Å². The summed E-state index contributed by atoms with van der Waals surface area (Å²) in [6.07, 6.45) is 15.7. The molecule has 2 fully saturated rings. The van der Waals surface area contributed by atoms with Gasteiger partial charge in [-0.15, -0.1) is 0 Å². The van der Waals surface area contributed by atoms with Gasteiger partial charge in [-0.05, 0) is 77.0 Å². The summed E-state index contributed by atoms with van der Waals surface area (Å²) in [6, 6.07) is -0.948. The zero-order chi connectivity index (χ0) is 29.9. The van der Waals surface area contributed by atoms with E-state index in [2.05, 4.69) is 26.0 Å². The molecule has 0 unspecified atom stereocenters. The number of rotatable bonds is 14. The first kappa shape index (κ1) is 33.6. The number of ether oxygens (including phenoxy) is 2. The number of likely N-dealkylation sites (tertiary alicyclic amines) is 1. The van der Waals surface area contributed by atoms with Gasteiger partial charge in [-0.2, -0.15) is 0 Å². The molecule has 0 aromatic rings. The molecule has 224 valence electrons. The smallest absolute Gasteiger partial charge is 0.326 e. The molecule has 1 amide bonds. The fourth-order valence-corrected chi connectivity index (χ4v) is 5.55. The first-order valence-corrected chi connectivity index (χ1v) is 14.7. The monoisotopic (exact) mass is 559 g/mol. The Balaban J connectivity index is 1.89. The number of nitrogens with zero attached hydrogens (tertiary/aromatic N) is 1. The predicted octanol–water partition coefficient (Wildman–Crippen LogP) is 5.31. The van der Waals surface area contributed by atoms with E-state index in [4.69, 9.17) is 9.47 Å². The minimum absolute atomic E-state index is 0.0302. The van der Waals surface area contributed by atoms with Crippen molar-refractivity contribution in [3.8, 4) is 0 Å². The third-order valence-corrected chi connectivity index (χ3v) is 8.43. The van der Waals surface area contributed by atoms with E-state index < -0.39 is 29.3 Å². The molecule has 2 aliphatic rings. The molecule has 8 nitrogen and oxygen atoms in total. The number of hydrogen-bond donors (Lipinski definition) is 1. The number of hydrogen-bond acceptors (Lipinski definition) is 6. The van der Waals surface area contributed by atoms with Gasteiger partial charge in [0.2, 0.25) is 0 Å². The number of carboxylic acid groups (broad SMARTS) is 1. The molecule has 6 atom stereocenters. The zero-order valence-corrected chi connectivity index (χ0v) is 25.2. The van der Waals surface area contributed by atoms with Gasteiger partial charge >= 0.3 is 5.97 Å². The molecule has 8 heteroatoms. The Labute approximate surface area is 239 Å². The number of methoxy groups -OCH3 is 1. The fourth-order valence-electron chi connectivity index (χ4n) is 5.55. The summed E-state index contributed by atoms with van der Waals surface area (Å²) < 4.78 is 11.2. The van der Waals surface area contributed by atoms with E-state index in [0.29, 0.717) is 12.8 Å². The molecule has 0 bridgehead atoms. The van der Waals surface area contributed by atoms with E-state index >= 15 is 0 Å². The highest BCUT2D eigenvalue weighted by molar-refractivity contribution is 6.39. The molecule has 0 spiro atoms. The summed E-state index contributed by atoms with van der Waals surface area (Å²) in [5.74, 6) is -2.19. The van der Waals surface area contributed by atoms with E-state index in [1.807, 2.05) is 32.1 Å². The lowest BCUT2D eigenvalue weighted by Crippen LogP contribution is -2.59. The first-order valence-electron chi connectivity index (χ1n) is 14.7. The molecule has 0 aromatic carbocycles. The maximum Gasteiger partial charge on any atom is 0.326 e. The highest BCUT2D eigenvalue weighted by Crippen LogP contribution is 2.37. The predicted molar refractivity (Wildman–Crippen MR) is 155 cm³/mol. The zero-order valence-electron chi connectivity index (χ0n) is 25.2. The van der Waals surface area contributed by atoms with Crippen LogP contribution in [0.25, 0.3) is 0 Å². The van der Waals surface area contributed by atoms with Crippen molar-refractivity contribution in [3.05, 3.63) is 36.0 Å². The molecule has 2 rings (SSSR count). The normalized spacial score (nSPS) is 27.6. The van der Waals surface area contributed by atoms with Gasteiger partial charge < -0.3 is 19.5 Å². The summed E-state index contributed by atoms with van der Waals surface area (Å²) in [5, 5.41) is 9.55. The van der Waals surface area contributed by atoms with Crippen LogP contribution in [0, 0.1) is 17.8 Å². The van der Waals surface area contributed by atoms with Crippen LogP contribution in [0.4, 0.5) is 0 Å². The summed E-state index contributed by atoms with van der Waals surface area (Å²) in [4.78, 5) is 51.3. The second-order valence-electron chi connectivity index (χ2n) is 11.8. The third kappa shape index (κ3) is 9.51. The van der Waals surface area contributed by atoms with Crippen molar-refractivity contribution >= 4 is 23.4 Å². The van der Waals surface area contributed by atoms with Gasteiger partial charge in [-0.1, -0.05) is 56.7 Å². The molecule has 1 N–H and O–H groups in total. The summed E-state index contributed by atoms with van der Waals surface area (Å²) in [7, 11) is 1.54. The van der Waals surface area contributed by atoms with Crippen molar-refractivity contribution < 1.29 is 33.8 Å². The number of carbonyl (C=O) groups is 4. The van der Waals surface area contributed by atoms with E-state index in [1.54, 1.807) is 6.92 Å². The quantitative estimate of drug-likeness (QED) is 0.227. The van der Waals surface area contributed by atoms with Crippen LogP contribution in [0.1, 0.15) is 86.0 Å². The van der Waals surface area contributed by atoms with Crippen LogP contribution in [0.2, 0.25) is 0 Å². The fraction of sp³-hybridized carbons (Fsp3) is 0.688. The van der Waals surface area contributed by atoms with Crippen LogP contribution in [0.3, 0.4) is 0 Å². The maximum absolute atomic E-state index is 13.4. The largest absolute Gasteiger partial charge is 0.480 e. The van der Waals surface area contributed by atoms with Gasteiger partial charge in [0, 0.05) is 19.6 Å². The second-order valence-corrected chi connectivity index (χ2v) is 11.8. The van der Waals surface area contributed by atoms with E-state index in [0.717, 1.165) is 38.5 Å². The Hall–Kier alpha value is -2.58. The lowest BCUT2D eigenvalue weighted by Gasteiger charge is -2.43. The van der Waals surface area contributed by atoms with E-state index in [1.165, 1.54) is 17.6 Å². The van der Waals surface area contributed by atoms with Gasteiger partial charge in [-0.25, -0.2) is 4.79 Å². The SMILES string of the molecule is COCC(=O)[C@H](C)C[C@H](C)/C=C/C=C/C=C(\C)CC[C@@H]1CC[C@@H](C)[C@](C)(C(=O)C(=O)N2CCCC[C@H]2C(=O)O)O1. The minimum Gasteiger partial charge on any atom is -0.480 e. The molecule has 2 saturated heterocycles. The molecule has 2 heterocycles. The number of allylic oxidation sites excluding steroid dienone is 6. The van der Waals surface area contributed by atoms with Crippen LogP contribution >= 0.6 is 0 Å². The average Bonchev–Trinajstić information content (AvgIpc) is 2.92. The van der Waals surface area contributed by atoms with Gasteiger partial charge in [0.25, 0.3) is 11.7 Å². The molecule has 0 aromatic heterocycles. The highest BCUT2D eigenvalue weighted by atomic mass is 16.5. The Morgan fingerprint density at radius 2 is 1.82 bits per heavy atom. The van der Waals surface area contributed by atoms with Crippen molar-refractivity contribution in [2.45, 2.75) is 104 Å². The topological polar surface area (TPSA) is 110 Å². The lowest BCUT2D eigenvalue weighted by atomic mass is 9.78. The van der Waals surface area contributed by atoms with Crippen LogP contribution in [0.5, 0.6) is 0 Å². The Morgan fingerprint density at radius 3 is 2.50 bits per heavy atom. The highest BCUT2D eigenvalue weighted by Gasteiger charge is 2.50. The lowest BCUT2D eigenvalue weighted by molar-refractivity contribution is -0.181. The van der Waals surface area contributed by atoms with Gasteiger partial charge in [0.15, 0.2) is 5.78 Å². The number of aliphatic carboxylic acids is 1. The van der Waals surface area contributed by atoms with E-state index in [9.17, 15) is 24.3 Å². The molecule has 0 saturated carbocycles. The standard InChI is InChI=1S/C32H49NO7/c1-22(12-8-7-9-13-23(2)20-24(3)28(34)21-39-6)15-17-26-18-16-25(4)32(5,40-26)29(35)30(36)33-19-11-10-14-27(33)31(37)38/h7-9,12-13,23-27H,10-11,14-21H2,1-6H3,(H,37,38)/b8-7+,13-9+,22-12+/t23-,24-,25-,26-,27+,32-/m1/s1. The van der Waals surface area contributed by atoms with Crippen molar-refractivity contribution in [1.29, 1.82) is 0 Å². The number of amides is 1. The molecule has 2 aliphatic heterocycles. The number of piperidine rings is 1.